The third kappa shape index (κ3) is 6.63. The van der Waals surface area contributed by atoms with Gasteiger partial charge in [-0.05, 0) is 18.1 Å². The summed E-state index contributed by atoms with van der Waals surface area (Å²) in [6.45, 7) is 6.82. The molecule has 0 atom stereocenters. The van der Waals surface area contributed by atoms with Crippen molar-refractivity contribution in [1.82, 2.24) is 14.9 Å². The maximum absolute atomic E-state index is 13.9. The first-order valence-corrected chi connectivity index (χ1v) is 9.38. The number of amides is 1. The number of alkyl halides is 3. The van der Waals surface area contributed by atoms with Gasteiger partial charge in [0.25, 0.3) is 5.91 Å². The molecular formula is C20H22F4N4O3. The lowest BCUT2D eigenvalue weighted by Crippen LogP contribution is -2.37. The number of carbonyl (C=O) groups is 2. The maximum Gasteiger partial charge on any atom is 0.490 e. The van der Waals surface area contributed by atoms with Gasteiger partial charge in [0.1, 0.15) is 5.82 Å². The van der Waals surface area contributed by atoms with Gasteiger partial charge in [0.15, 0.2) is 5.82 Å². The van der Waals surface area contributed by atoms with E-state index in [0.717, 1.165) is 24.1 Å². The van der Waals surface area contributed by atoms with Gasteiger partial charge in [-0.3, -0.25) is 9.78 Å². The van der Waals surface area contributed by atoms with E-state index in [0.29, 0.717) is 25.6 Å². The molecule has 1 amide bonds. The second-order valence-corrected chi connectivity index (χ2v) is 7.21. The van der Waals surface area contributed by atoms with Crippen LogP contribution in [0.5, 0.6) is 0 Å². The Kier molecular flexibility index (Phi) is 7.89. The summed E-state index contributed by atoms with van der Waals surface area (Å²) in [6, 6.07) is 5.27. The smallest absolute Gasteiger partial charge is 0.475 e. The molecule has 3 heterocycles. The first-order chi connectivity index (χ1) is 14.5. The van der Waals surface area contributed by atoms with Gasteiger partial charge in [-0.1, -0.05) is 19.9 Å². The Morgan fingerprint density at radius 2 is 1.87 bits per heavy atom. The van der Waals surface area contributed by atoms with Gasteiger partial charge in [0.2, 0.25) is 0 Å². The van der Waals surface area contributed by atoms with Crippen molar-refractivity contribution in [3.63, 3.8) is 0 Å². The van der Waals surface area contributed by atoms with E-state index in [1.807, 2.05) is 12.1 Å². The van der Waals surface area contributed by atoms with Crippen LogP contribution in [0.25, 0.3) is 0 Å². The minimum Gasteiger partial charge on any atom is -0.475 e. The summed E-state index contributed by atoms with van der Waals surface area (Å²) in [4.78, 5) is 33.7. The number of rotatable bonds is 3. The fraction of sp³-hybridized carbons (Fsp3) is 0.400. The van der Waals surface area contributed by atoms with Crippen LogP contribution in [0.3, 0.4) is 0 Å². The van der Waals surface area contributed by atoms with Crippen LogP contribution < -0.4 is 4.90 Å². The Balaban J connectivity index is 0.000000423. The topological polar surface area (TPSA) is 86.6 Å². The van der Waals surface area contributed by atoms with E-state index in [4.69, 9.17) is 9.90 Å². The summed E-state index contributed by atoms with van der Waals surface area (Å²) in [5, 5.41) is 7.12. The third-order valence-corrected chi connectivity index (χ3v) is 4.29. The van der Waals surface area contributed by atoms with Gasteiger partial charge >= 0.3 is 12.1 Å². The van der Waals surface area contributed by atoms with Crippen molar-refractivity contribution in [3.8, 4) is 0 Å². The Labute approximate surface area is 176 Å². The van der Waals surface area contributed by atoms with Crippen LogP contribution in [0.2, 0.25) is 0 Å². The van der Waals surface area contributed by atoms with Crippen molar-refractivity contribution in [3.05, 3.63) is 53.7 Å². The number of carbonyl (C=O) groups excluding carboxylic acids is 1. The molecule has 0 spiro atoms. The quantitative estimate of drug-likeness (QED) is 0.734. The molecule has 1 aliphatic heterocycles. The Morgan fingerprint density at radius 1 is 1.19 bits per heavy atom. The number of anilines is 1. The van der Waals surface area contributed by atoms with E-state index in [2.05, 4.69) is 28.7 Å². The van der Waals surface area contributed by atoms with Gasteiger partial charge in [-0.2, -0.15) is 13.2 Å². The van der Waals surface area contributed by atoms with Crippen LogP contribution in [-0.2, 0) is 11.3 Å². The van der Waals surface area contributed by atoms with Crippen LogP contribution in [-0.4, -0.2) is 57.7 Å². The zero-order chi connectivity index (χ0) is 23.2. The fourth-order valence-electron chi connectivity index (χ4n) is 2.98. The van der Waals surface area contributed by atoms with Crippen molar-refractivity contribution in [1.29, 1.82) is 0 Å². The lowest BCUT2D eigenvalue weighted by atomic mass is 10.2. The molecule has 0 unspecified atom stereocenters. The number of hydrogen-bond acceptors (Lipinski definition) is 5. The SMILES string of the molecule is CC(C)CN1CCN(C(=O)c2ccncc2F)Cc2cccnc21.O=C(O)C(F)(F)F. The van der Waals surface area contributed by atoms with E-state index >= 15 is 0 Å². The summed E-state index contributed by atoms with van der Waals surface area (Å²) >= 11 is 0. The molecule has 7 nitrogen and oxygen atoms in total. The number of aromatic nitrogens is 2. The molecule has 1 N–H and O–H groups in total. The fourth-order valence-corrected chi connectivity index (χ4v) is 2.98. The molecule has 0 aliphatic carbocycles. The largest absolute Gasteiger partial charge is 0.490 e. The third-order valence-electron chi connectivity index (χ3n) is 4.29. The molecule has 0 fully saturated rings. The van der Waals surface area contributed by atoms with E-state index in [1.54, 1.807) is 11.1 Å². The molecule has 11 heteroatoms. The molecule has 0 saturated carbocycles. The number of aliphatic carboxylic acids is 1. The highest BCUT2D eigenvalue weighted by molar-refractivity contribution is 5.94. The Hall–Kier alpha value is -3.24. The maximum atomic E-state index is 13.9. The normalized spacial score (nSPS) is 13.8. The average Bonchev–Trinajstić information content (AvgIpc) is 2.87. The predicted molar refractivity (Wildman–Crippen MR) is 104 cm³/mol. The number of hydrogen-bond donors (Lipinski definition) is 1. The van der Waals surface area contributed by atoms with Crippen LogP contribution in [0.1, 0.15) is 29.8 Å². The van der Waals surface area contributed by atoms with E-state index in [1.165, 1.54) is 12.3 Å². The monoisotopic (exact) mass is 442 g/mol. The second kappa shape index (κ2) is 10.2. The Bertz CT molecular complexity index is 921. The summed E-state index contributed by atoms with van der Waals surface area (Å²) in [5.74, 6) is -2.25. The van der Waals surface area contributed by atoms with Crippen molar-refractivity contribution < 1.29 is 32.3 Å². The second-order valence-electron chi connectivity index (χ2n) is 7.21. The van der Waals surface area contributed by atoms with Gasteiger partial charge in [-0.25, -0.2) is 14.2 Å². The van der Waals surface area contributed by atoms with Crippen molar-refractivity contribution in [2.24, 2.45) is 5.92 Å². The molecule has 0 bridgehead atoms. The molecule has 0 aromatic carbocycles. The molecule has 3 rings (SSSR count). The van der Waals surface area contributed by atoms with Crippen molar-refractivity contribution in [2.45, 2.75) is 26.6 Å². The number of carboxylic acid groups (broad SMARTS) is 1. The molecular weight excluding hydrogens is 420 g/mol. The summed E-state index contributed by atoms with van der Waals surface area (Å²) in [6.07, 6.45) is -0.799. The van der Waals surface area contributed by atoms with Gasteiger partial charge < -0.3 is 14.9 Å². The summed E-state index contributed by atoms with van der Waals surface area (Å²) < 4.78 is 45.6. The highest BCUT2D eigenvalue weighted by Gasteiger charge is 2.38. The van der Waals surface area contributed by atoms with Crippen LogP contribution in [0.4, 0.5) is 23.4 Å². The molecule has 2 aromatic heterocycles. The lowest BCUT2D eigenvalue weighted by molar-refractivity contribution is -0.192. The molecule has 0 saturated heterocycles. The van der Waals surface area contributed by atoms with Crippen LogP contribution >= 0.6 is 0 Å². The summed E-state index contributed by atoms with van der Waals surface area (Å²) in [7, 11) is 0. The van der Waals surface area contributed by atoms with Gasteiger partial charge in [0.05, 0.1) is 11.8 Å². The molecule has 168 valence electrons. The van der Waals surface area contributed by atoms with Gasteiger partial charge in [-0.15, -0.1) is 0 Å². The van der Waals surface area contributed by atoms with Crippen molar-refractivity contribution >= 4 is 17.7 Å². The lowest BCUT2D eigenvalue weighted by Gasteiger charge is -2.25. The average molecular weight is 442 g/mol. The highest BCUT2D eigenvalue weighted by Crippen LogP contribution is 2.24. The summed E-state index contributed by atoms with van der Waals surface area (Å²) in [5.41, 5.74) is 1.05. The van der Waals surface area contributed by atoms with E-state index in [9.17, 15) is 22.4 Å². The number of nitrogens with zero attached hydrogens (tertiary/aromatic N) is 4. The molecule has 2 aromatic rings. The van der Waals surface area contributed by atoms with E-state index < -0.39 is 18.0 Å². The molecule has 31 heavy (non-hydrogen) atoms. The highest BCUT2D eigenvalue weighted by atomic mass is 19.4. The minimum absolute atomic E-state index is 0.0627. The molecule has 0 radical (unpaired) electrons. The van der Waals surface area contributed by atoms with Crippen molar-refractivity contribution in [2.75, 3.05) is 24.5 Å². The van der Waals surface area contributed by atoms with Gasteiger partial charge in [0, 0.05) is 44.1 Å². The molecule has 1 aliphatic rings. The zero-order valence-electron chi connectivity index (χ0n) is 16.9. The first kappa shape index (κ1) is 24.0. The number of fused-ring (bicyclic) bond motifs is 1. The number of pyridine rings is 2. The van der Waals surface area contributed by atoms with Crippen LogP contribution in [0, 0.1) is 11.7 Å². The minimum atomic E-state index is -5.08. The first-order valence-electron chi connectivity index (χ1n) is 9.38. The zero-order valence-corrected chi connectivity index (χ0v) is 16.9. The predicted octanol–water partition coefficient (Wildman–Crippen LogP) is 3.37. The number of carboxylic acids is 1. The Morgan fingerprint density at radius 3 is 2.45 bits per heavy atom. The van der Waals surface area contributed by atoms with E-state index in [-0.39, 0.29) is 11.5 Å². The standard InChI is InChI=1S/C18H21FN4O.C2HF3O2/c1-13(2)11-22-8-9-23(12-14-4-3-6-21-17(14)22)18(24)15-5-7-20-10-16(15)19;3-2(4,5)1(6)7/h3-7,10,13H,8-9,11-12H2,1-2H3;(H,6,7). The van der Waals surface area contributed by atoms with Crippen LogP contribution in [0.15, 0.2) is 36.8 Å². The number of halogens is 4.